The molecule has 0 N–H and O–H groups in total. The number of ether oxygens (including phenoxy) is 7. The van der Waals surface area contributed by atoms with E-state index in [0.717, 1.165) is 120 Å². The Labute approximate surface area is 773 Å². The van der Waals surface area contributed by atoms with Crippen LogP contribution >= 0.6 is 0 Å². The van der Waals surface area contributed by atoms with Crippen LogP contribution in [0.3, 0.4) is 0 Å². The second-order valence-electron chi connectivity index (χ2n) is 35.8. The van der Waals surface area contributed by atoms with Gasteiger partial charge in [-0.25, -0.2) is 58.9 Å². The van der Waals surface area contributed by atoms with Gasteiger partial charge in [-0.2, -0.15) is 29.9 Å². The van der Waals surface area contributed by atoms with Crippen LogP contribution in [0.15, 0.2) is 132 Å². The van der Waals surface area contributed by atoms with Crippen LogP contribution in [0.5, 0.6) is 35.4 Å². The zero-order valence-corrected chi connectivity index (χ0v) is 77.8. The highest BCUT2D eigenvalue weighted by molar-refractivity contribution is 6.03. The molecule has 1 aromatic carbocycles. The average Bonchev–Trinajstić information content (AvgIpc) is 0.741. The van der Waals surface area contributed by atoms with E-state index in [1.807, 2.05) is 117 Å². The standard InChI is InChI=1S/C23H23N3O2.C21H20N4O2.C20H19N5O2.C19H21N3O4.C19H23N3O3/c1-5-28-22-16-11-12-17-14(2)19(27)18(24-4)13-23(17,3)20(16)25-21(26-22)15-9-7-6-8-10-15;1-12-15-6-5-14-18(21(15,2)11-16(22-3)17(12)26)24-19(25-20(14)27-4)13-7-9-23-10-8-13;1-11-14-6-5-13-17(20(14,2)7-15(21-3)16(11)26)24-18(25-19(13)27-4)12-8-22-10-23-9-12;1-6-26-18(24)16-21-15-11(17(22-16)25-5)7-8-12-10(2)14(23)13(20-4)9-19(12,15)3;1-6-24-17-12-8-9-13-11(3)15(23)14(20-5)10-19(13,4)16(12)21-18(22-17)25-7-2/h6-10,13-14,17H,5,11-12H2,1-3H3;7-12,15H,5-6H2,1-2,4H3;7-11,14H,5-6H2,1-2,4H3;9-10,12H,6-8H2,1-3,5H3;10-11,13H,6-9H2,1-4H3/t14-,17-,23-;12-,15-,21-;11-,14-,20-;10-,12-,19-;11-,13-,19-/m00000/s1. The fraction of sp³-hybridized carbons (Fsp3) is 0.451. The lowest BCUT2D eigenvalue weighted by atomic mass is 9.58. The molecule has 10 aliphatic rings. The Bertz CT molecular complexity index is 6240. The molecule has 0 aliphatic heterocycles. The quantitative estimate of drug-likeness (QED) is 0.0721. The van der Waals surface area contributed by atoms with Gasteiger partial charge in [0.2, 0.25) is 63.7 Å². The monoisotopic (exact) mass is 1790 g/mol. The highest BCUT2D eigenvalue weighted by Gasteiger charge is 2.56. The van der Waals surface area contributed by atoms with E-state index >= 15 is 0 Å². The minimum atomic E-state index is -0.641. The summed E-state index contributed by atoms with van der Waals surface area (Å²) in [4.78, 5) is 151. The third-order valence-electron chi connectivity index (χ3n) is 28.6. The summed E-state index contributed by atoms with van der Waals surface area (Å²) in [7, 11) is 4.70. The van der Waals surface area contributed by atoms with Gasteiger partial charge >= 0.3 is 12.0 Å². The third-order valence-corrected chi connectivity index (χ3v) is 28.6. The van der Waals surface area contributed by atoms with Gasteiger partial charge in [0.05, 0.1) is 115 Å². The first-order chi connectivity index (χ1) is 63.8. The Morgan fingerprint density at radius 3 is 0.992 bits per heavy atom. The van der Waals surface area contributed by atoms with Gasteiger partial charge in [-0.05, 0) is 134 Å². The molecule has 18 rings (SSSR count). The van der Waals surface area contributed by atoms with Crippen molar-refractivity contribution in [3.05, 3.63) is 252 Å². The van der Waals surface area contributed by atoms with Crippen LogP contribution in [-0.2, 0) is 87.9 Å². The lowest BCUT2D eigenvalue weighted by molar-refractivity contribution is -0.122. The Balaban J connectivity index is 0.000000134. The zero-order valence-electron chi connectivity index (χ0n) is 77.8. The van der Waals surface area contributed by atoms with Crippen LogP contribution in [0.25, 0.3) is 58.4 Å². The Morgan fingerprint density at radius 1 is 0.361 bits per heavy atom. The summed E-state index contributed by atoms with van der Waals surface area (Å²) in [6.45, 7) is 66.0. The number of carbonyl (C=O) groups excluding carboxylic acids is 6. The number of allylic oxidation sites excluding steroid dienone is 10. The van der Waals surface area contributed by atoms with E-state index in [2.05, 4.69) is 96.8 Å². The van der Waals surface area contributed by atoms with Crippen LogP contribution in [0.2, 0.25) is 0 Å². The minimum Gasteiger partial charge on any atom is -0.481 e. The highest BCUT2D eigenvalue weighted by Crippen LogP contribution is 2.57. The highest BCUT2D eigenvalue weighted by atomic mass is 16.5. The van der Waals surface area contributed by atoms with Crippen molar-refractivity contribution in [3.63, 3.8) is 0 Å². The molecule has 7 aromatic heterocycles. The number of aromatic nitrogens is 13. The van der Waals surface area contributed by atoms with Gasteiger partial charge < -0.3 is 57.1 Å². The lowest BCUT2D eigenvalue weighted by Gasteiger charge is -2.45. The number of rotatable bonds is 14. The molecule has 31 heteroatoms. The maximum Gasteiger partial charge on any atom is 0.376 e. The van der Waals surface area contributed by atoms with E-state index in [1.54, 1.807) is 64.2 Å². The lowest BCUT2D eigenvalue weighted by Crippen LogP contribution is -2.46. The number of methoxy groups -OCH3 is 3. The van der Waals surface area contributed by atoms with Crippen molar-refractivity contribution in [1.29, 1.82) is 0 Å². The Hall–Kier alpha value is -14.4. The maximum atomic E-state index is 12.6. The number of benzene rings is 1. The first-order valence-corrected chi connectivity index (χ1v) is 45.0. The summed E-state index contributed by atoms with van der Waals surface area (Å²) in [6, 6.07) is 13.8. The Morgan fingerprint density at radius 2 is 0.662 bits per heavy atom. The topological polar surface area (TPSA) is 356 Å². The predicted molar refractivity (Wildman–Crippen MR) is 489 cm³/mol. The summed E-state index contributed by atoms with van der Waals surface area (Å²) < 4.78 is 38.7. The van der Waals surface area contributed by atoms with E-state index in [9.17, 15) is 28.8 Å². The maximum absolute atomic E-state index is 12.6. The number of carbonyl (C=O) groups is 6. The molecular formula is C102H106N18O13. The molecule has 0 unspecified atom stereocenters. The van der Waals surface area contributed by atoms with Crippen LogP contribution in [-0.4, -0.2) is 147 Å². The van der Waals surface area contributed by atoms with Gasteiger partial charge in [-0.15, -0.1) is 0 Å². The summed E-state index contributed by atoms with van der Waals surface area (Å²) >= 11 is 0. The molecule has 0 bridgehead atoms. The molecule has 7 heterocycles. The Kier molecular flexibility index (Phi) is 27.5. The molecule has 0 spiro atoms. The van der Waals surface area contributed by atoms with Crippen molar-refractivity contribution >= 4 is 34.9 Å². The van der Waals surface area contributed by atoms with Crippen LogP contribution in [0.4, 0.5) is 0 Å². The van der Waals surface area contributed by atoms with Crippen LogP contribution in [0.1, 0.15) is 196 Å². The van der Waals surface area contributed by atoms with Crippen molar-refractivity contribution in [3.8, 4) is 69.6 Å². The fourth-order valence-corrected chi connectivity index (χ4v) is 21.9. The molecule has 0 fully saturated rings. The second-order valence-corrected chi connectivity index (χ2v) is 35.8. The largest absolute Gasteiger partial charge is 0.481 e. The number of esters is 1. The van der Waals surface area contributed by atoms with E-state index in [-0.39, 0.29) is 135 Å². The first-order valence-electron chi connectivity index (χ1n) is 45.0. The molecule has 8 aromatic rings. The van der Waals surface area contributed by atoms with E-state index in [1.165, 1.54) is 13.4 Å². The molecular weight excluding hydrogens is 1690 g/mol. The molecule has 15 atom stereocenters. The second kappa shape index (κ2) is 38.6. The summed E-state index contributed by atoms with van der Waals surface area (Å²) in [6.07, 6.45) is 24.9. The van der Waals surface area contributed by atoms with Gasteiger partial charge in [0.1, 0.15) is 6.33 Å². The van der Waals surface area contributed by atoms with Crippen LogP contribution < -0.4 is 28.4 Å². The molecule has 10 aliphatic carbocycles. The van der Waals surface area contributed by atoms with Crippen molar-refractivity contribution < 1.29 is 61.9 Å². The number of ketones is 5. The average molecular weight is 1790 g/mol. The first kappa shape index (κ1) is 94.7. The number of hydrogen-bond acceptors (Lipinski definition) is 26. The van der Waals surface area contributed by atoms with E-state index in [0.29, 0.717) is 84.4 Å². The predicted octanol–water partition coefficient (Wildman–Crippen LogP) is 16.2. The van der Waals surface area contributed by atoms with E-state index in [4.69, 9.17) is 86.0 Å². The number of Topliss-reactive ketones (excluding diaryl/α,β-unsaturated/α-hetero) is 5. The SMILES string of the molecule is [C-]#[N+]C1=C[C@]2(C)c3nc(-c4ccccc4)nc(OCC)c3CC[C@H]2[C@H](C)C1=O.[C-]#[N+]C1=C[C@]2(C)c3nc(-c4ccncc4)nc(OC)c3CC[C@H]2[C@H](C)C1=O.[C-]#[N+]C1=C[C@]2(C)c3nc(-c4cncnc4)nc(OC)c3CC[C@H]2[C@H](C)C1=O.[C-]#[N+]C1=C[C@]2(C)c3nc(C(=O)OCC)nc(OC)c3CC[C@H]2[C@H](C)C1=O.[C-]#[N+]C1=C[C@]2(C)c3nc(OCC)nc(OCC)c3CC[C@H]2[C@H](C)C1=O. The van der Waals surface area contributed by atoms with Gasteiger partial charge in [0.15, 0.2) is 46.4 Å². The molecule has 0 saturated heterocycles. The van der Waals surface area contributed by atoms with Crippen molar-refractivity contribution in [2.75, 3.05) is 47.8 Å². The number of fused-ring (bicyclic) bond motifs is 15. The third kappa shape index (κ3) is 17.1. The molecule has 31 nitrogen and oxygen atoms in total. The number of nitrogens with zero attached hydrogens (tertiary/aromatic N) is 18. The van der Waals surface area contributed by atoms with Crippen molar-refractivity contribution in [2.45, 2.75) is 188 Å². The molecule has 0 saturated carbocycles. The summed E-state index contributed by atoms with van der Waals surface area (Å²) in [5.41, 5.74) is 9.50. The minimum absolute atomic E-state index is 0.00246. The smallest absolute Gasteiger partial charge is 0.376 e. The van der Waals surface area contributed by atoms with Crippen molar-refractivity contribution in [1.82, 2.24) is 64.8 Å². The van der Waals surface area contributed by atoms with Gasteiger partial charge in [-0.3, -0.25) is 4.98 Å². The van der Waals surface area contributed by atoms with Crippen molar-refractivity contribution in [2.24, 2.45) is 59.2 Å². The normalized spacial score (nSPS) is 26.6. The van der Waals surface area contributed by atoms with Crippen LogP contribution in [0, 0.1) is 92.0 Å². The summed E-state index contributed by atoms with van der Waals surface area (Å²) in [5, 5.41) is 0. The van der Waals surface area contributed by atoms with E-state index < -0.39 is 33.0 Å². The van der Waals surface area contributed by atoms with Gasteiger partial charge in [0, 0.05) is 120 Å². The fourth-order valence-electron chi connectivity index (χ4n) is 21.9. The summed E-state index contributed by atoms with van der Waals surface area (Å²) in [5.74, 6) is 2.53. The van der Waals surface area contributed by atoms with Gasteiger partial charge in [0.25, 0.3) is 0 Å². The number of hydrogen-bond donors (Lipinski definition) is 0. The molecule has 0 amide bonds. The molecule has 133 heavy (non-hydrogen) atoms. The number of pyridine rings is 1. The molecule has 0 radical (unpaired) electrons. The zero-order chi connectivity index (χ0) is 95.5. The molecule has 682 valence electrons. The van der Waals surface area contributed by atoms with Gasteiger partial charge in [-0.1, -0.05) is 130 Å².